The number of hydrogen-bond donors (Lipinski definition) is 2. The predicted molar refractivity (Wildman–Crippen MR) is 79.9 cm³/mol. The minimum atomic E-state index is -0.616. The molecule has 0 radical (unpaired) electrons. The number of carbonyl (C=O) groups is 1. The highest BCUT2D eigenvalue weighted by Gasteiger charge is 2.37. The minimum Gasteiger partial charge on any atom is -0.508 e. The van der Waals surface area contributed by atoms with E-state index in [0.29, 0.717) is 6.54 Å². The van der Waals surface area contributed by atoms with Crippen molar-refractivity contribution in [2.45, 2.75) is 38.1 Å². The van der Waals surface area contributed by atoms with Crippen LogP contribution in [0.1, 0.15) is 43.0 Å². The quantitative estimate of drug-likeness (QED) is 0.877. The van der Waals surface area contributed by atoms with Crippen LogP contribution in [0, 0.1) is 5.82 Å². The number of rotatable bonds is 5. The molecule has 0 bridgehead atoms. The van der Waals surface area contributed by atoms with E-state index in [4.69, 9.17) is 0 Å². The normalized spacial score (nSPS) is 17.1. The summed E-state index contributed by atoms with van der Waals surface area (Å²) >= 11 is 0. The molecule has 1 aliphatic carbocycles. The third-order valence-corrected chi connectivity index (χ3v) is 4.59. The number of halogens is 1. The maximum Gasteiger partial charge on any atom is 0.254 e. The lowest BCUT2D eigenvalue weighted by Crippen LogP contribution is -2.52. The van der Waals surface area contributed by atoms with Crippen molar-refractivity contribution in [3.05, 3.63) is 29.6 Å². The zero-order valence-electron chi connectivity index (χ0n) is 12.7. The second kappa shape index (κ2) is 6.43. The van der Waals surface area contributed by atoms with Gasteiger partial charge in [-0.15, -0.1) is 0 Å². The van der Waals surface area contributed by atoms with Gasteiger partial charge in [0, 0.05) is 12.1 Å². The van der Waals surface area contributed by atoms with Crippen LogP contribution < -0.4 is 5.32 Å². The summed E-state index contributed by atoms with van der Waals surface area (Å²) in [5, 5.41) is 12.2. The Labute approximate surface area is 125 Å². The summed E-state index contributed by atoms with van der Waals surface area (Å²) in [6, 6.07) is 3.50. The first kappa shape index (κ1) is 15.8. The SMILES string of the molecule is CCN(C)C1(CNC(=O)c2cc(O)ccc2F)CCCC1. The van der Waals surface area contributed by atoms with Gasteiger partial charge >= 0.3 is 0 Å². The van der Waals surface area contributed by atoms with Gasteiger partial charge in [0.15, 0.2) is 0 Å². The number of nitrogens with zero attached hydrogens (tertiary/aromatic N) is 1. The van der Waals surface area contributed by atoms with E-state index >= 15 is 0 Å². The molecule has 0 unspecified atom stereocenters. The third-order valence-electron chi connectivity index (χ3n) is 4.59. The van der Waals surface area contributed by atoms with E-state index in [9.17, 15) is 14.3 Å². The predicted octanol–water partition coefficient (Wildman–Crippen LogP) is 2.53. The molecule has 0 saturated heterocycles. The molecule has 0 heterocycles. The molecular weight excluding hydrogens is 271 g/mol. The van der Waals surface area contributed by atoms with Crippen LogP contribution in [0.2, 0.25) is 0 Å². The lowest BCUT2D eigenvalue weighted by molar-refractivity contribution is 0.0870. The second-order valence-electron chi connectivity index (χ2n) is 5.79. The van der Waals surface area contributed by atoms with Crippen molar-refractivity contribution >= 4 is 5.91 Å². The van der Waals surface area contributed by atoms with Gasteiger partial charge in [-0.25, -0.2) is 4.39 Å². The Balaban J connectivity index is 2.07. The first-order valence-corrected chi connectivity index (χ1v) is 7.46. The molecule has 4 nitrogen and oxygen atoms in total. The monoisotopic (exact) mass is 294 g/mol. The van der Waals surface area contributed by atoms with Crippen LogP contribution >= 0.6 is 0 Å². The smallest absolute Gasteiger partial charge is 0.254 e. The largest absolute Gasteiger partial charge is 0.508 e. The van der Waals surface area contributed by atoms with Gasteiger partial charge in [-0.1, -0.05) is 19.8 Å². The first-order chi connectivity index (χ1) is 9.98. The van der Waals surface area contributed by atoms with E-state index in [1.165, 1.54) is 6.07 Å². The van der Waals surface area contributed by atoms with Gasteiger partial charge in [0.25, 0.3) is 5.91 Å². The summed E-state index contributed by atoms with van der Waals surface area (Å²) < 4.78 is 13.7. The van der Waals surface area contributed by atoms with E-state index in [0.717, 1.165) is 44.4 Å². The summed E-state index contributed by atoms with van der Waals surface area (Å²) in [6.07, 6.45) is 4.39. The molecule has 2 N–H and O–H groups in total. The lowest BCUT2D eigenvalue weighted by atomic mass is 9.95. The molecule has 5 heteroatoms. The summed E-state index contributed by atoms with van der Waals surface area (Å²) in [5.41, 5.74) is -0.139. The van der Waals surface area contributed by atoms with Crippen molar-refractivity contribution < 1.29 is 14.3 Å². The summed E-state index contributed by atoms with van der Waals surface area (Å²) in [5.74, 6) is -1.20. The molecule has 1 saturated carbocycles. The van der Waals surface area contributed by atoms with Gasteiger partial charge in [0.2, 0.25) is 0 Å². The fraction of sp³-hybridized carbons (Fsp3) is 0.562. The van der Waals surface area contributed by atoms with Gasteiger partial charge in [-0.05, 0) is 44.6 Å². The van der Waals surface area contributed by atoms with Crippen LogP contribution in [0.4, 0.5) is 4.39 Å². The van der Waals surface area contributed by atoms with E-state index in [1.807, 2.05) is 0 Å². The Morgan fingerprint density at radius 1 is 1.43 bits per heavy atom. The van der Waals surface area contributed by atoms with Gasteiger partial charge in [-0.2, -0.15) is 0 Å². The molecule has 2 rings (SSSR count). The molecule has 21 heavy (non-hydrogen) atoms. The Hall–Kier alpha value is -1.62. The number of phenolic OH excluding ortho intramolecular Hbond substituents is 1. The maximum atomic E-state index is 13.7. The second-order valence-corrected chi connectivity index (χ2v) is 5.79. The zero-order valence-corrected chi connectivity index (χ0v) is 12.7. The van der Waals surface area contributed by atoms with Crippen LogP contribution in [0.25, 0.3) is 0 Å². The van der Waals surface area contributed by atoms with Crippen LogP contribution in [0.5, 0.6) is 5.75 Å². The highest BCUT2D eigenvalue weighted by atomic mass is 19.1. The van der Waals surface area contributed by atoms with Crippen molar-refractivity contribution in [1.29, 1.82) is 0 Å². The fourth-order valence-corrected chi connectivity index (χ4v) is 3.09. The Morgan fingerprint density at radius 2 is 2.10 bits per heavy atom. The van der Waals surface area contributed by atoms with E-state index < -0.39 is 11.7 Å². The van der Waals surface area contributed by atoms with Gasteiger partial charge in [0.1, 0.15) is 11.6 Å². The fourth-order valence-electron chi connectivity index (χ4n) is 3.09. The number of amides is 1. The number of phenols is 1. The number of carbonyl (C=O) groups excluding carboxylic acids is 1. The molecule has 0 atom stereocenters. The zero-order chi connectivity index (χ0) is 15.5. The van der Waals surface area contributed by atoms with Crippen LogP contribution in [0.15, 0.2) is 18.2 Å². The standard InChI is InChI=1S/C16H23FN2O2/c1-3-19(2)16(8-4-5-9-16)11-18-15(21)13-10-12(20)6-7-14(13)17/h6-7,10,20H,3-5,8-9,11H2,1-2H3,(H,18,21). The summed E-state index contributed by atoms with van der Waals surface area (Å²) in [4.78, 5) is 14.4. The molecular formula is C16H23FN2O2. The minimum absolute atomic E-state index is 0.0300. The van der Waals surface area contributed by atoms with E-state index in [1.54, 1.807) is 0 Å². The van der Waals surface area contributed by atoms with Crippen molar-refractivity contribution in [2.75, 3.05) is 20.1 Å². The number of nitrogens with one attached hydrogen (secondary N) is 1. The molecule has 1 aromatic carbocycles. The van der Waals surface area contributed by atoms with Crippen molar-refractivity contribution in [3.8, 4) is 5.75 Å². The summed E-state index contributed by atoms with van der Waals surface area (Å²) in [7, 11) is 2.06. The van der Waals surface area contributed by atoms with Crippen LogP contribution in [-0.4, -0.2) is 41.6 Å². The number of aromatic hydroxyl groups is 1. The maximum absolute atomic E-state index is 13.7. The van der Waals surface area contributed by atoms with Crippen molar-refractivity contribution in [1.82, 2.24) is 10.2 Å². The molecule has 0 aromatic heterocycles. The molecule has 1 amide bonds. The average molecular weight is 294 g/mol. The topological polar surface area (TPSA) is 52.6 Å². The Kier molecular flexibility index (Phi) is 4.83. The van der Waals surface area contributed by atoms with Gasteiger partial charge < -0.3 is 10.4 Å². The highest BCUT2D eigenvalue weighted by Crippen LogP contribution is 2.34. The van der Waals surface area contributed by atoms with Gasteiger partial charge in [-0.3, -0.25) is 9.69 Å². The Morgan fingerprint density at radius 3 is 2.71 bits per heavy atom. The molecule has 0 spiro atoms. The molecule has 0 aliphatic heterocycles. The highest BCUT2D eigenvalue weighted by molar-refractivity contribution is 5.94. The number of benzene rings is 1. The average Bonchev–Trinajstić information content (AvgIpc) is 2.96. The van der Waals surface area contributed by atoms with E-state index in [2.05, 4.69) is 24.2 Å². The molecule has 1 aliphatic rings. The van der Waals surface area contributed by atoms with Crippen molar-refractivity contribution in [2.24, 2.45) is 0 Å². The first-order valence-electron chi connectivity index (χ1n) is 7.46. The van der Waals surface area contributed by atoms with Gasteiger partial charge in [0.05, 0.1) is 5.56 Å². The molecule has 116 valence electrons. The molecule has 1 aromatic rings. The van der Waals surface area contributed by atoms with Crippen LogP contribution in [0.3, 0.4) is 0 Å². The number of hydrogen-bond acceptors (Lipinski definition) is 3. The van der Waals surface area contributed by atoms with Crippen molar-refractivity contribution in [3.63, 3.8) is 0 Å². The Bertz CT molecular complexity index is 513. The lowest BCUT2D eigenvalue weighted by Gasteiger charge is -2.38. The number of likely N-dealkylation sites (N-methyl/N-ethyl adjacent to an activating group) is 1. The third kappa shape index (κ3) is 3.35. The molecule has 1 fully saturated rings. The van der Waals surface area contributed by atoms with Crippen LogP contribution in [-0.2, 0) is 0 Å². The summed E-state index contributed by atoms with van der Waals surface area (Å²) in [6.45, 7) is 3.51. The van der Waals surface area contributed by atoms with E-state index in [-0.39, 0.29) is 16.9 Å².